The second-order valence-electron chi connectivity index (χ2n) is 11.2. The Labute approximate surface area is 253 Å². The molecule has 1 saturated heterocycles. The number of benzene rings is 1. The number of thiophene rings is 1. The largest absolute Gasteiger partial charge is 0.373 e. The molecule has 6 rings (SSSR count). The molecule has 2 atom stereocenters. The topological polar surface area (TPSA) is 101 Å². The third kappa shape index (κ3) is 5.23. The Morgan fingerprint density at radius 2 is 1.95 bits per heavy atom. The number of nitrogens with zero attached hydrogens (tertiary/aromatic N) is 5. The summed E-state index contributed by atoms with van der Waals surface area (Å²) in [5, 5.41) is 37.2. The van der Waals surface area contributed by atoms with Gasteiger partial charge in [-0.15, -0.1) is 11.3 Å². The zero-order valence-electron chi connectivity index (χ0n) is 22.9. The van der Waals surface area contributed by atoms with Gasteiger partial charge in [0, 0.05) is 64.1 Å². The summed E-state index contributed by atoms with van der Waals surface area (Å²) >= 11 is 14.6. The number of aliphatic hydroxyl groups is 2. The van der Waals surface area contributed by atoms with Crippen molar-refractivity contribution in [3.05, 3.63) is 63.9 Å². The monoisotopic (exact) mass is 610 g/mol. The molecule has 0 aliphatic carbocycles. The minimum atomic E-state index is -1.11. The smallest absolute Gasteiger partial charge is 0.189 e. The number of nitrogens with one attached hydrogen (secondary N) is 1. The molecule has 2 aliphatic rings. The zero-order chi connectivity index (χ0) is 28.9. The molecule has 0 radical (unpaired) electrons. The summed E-state index contributed by atoms with van der Waals surface area (Å²) in [5.74, 6) is 0. The van der Waals surface area contributed by atoms with Crippen molar-refractivity contribution in [1.29, 1.82) is 5.26 Å². The van der Waals surface area contributed by atoms with E-state index in [1.165, 1.54) is 0 Å². The third-order valence-electron chi connectivity index (χ3n) is 8.18. The predicted octanol–water partition coefficient (Wildman–Crippen LogP) is 5.67. The molecule has 2 unspecified atom stereocenters. The van der Waals surface area contributed by atoms with E-state index in [-0.39, 0.29) is 17.6 Å². The number of aliphatic hydroxyl groups excluding tert-OH is 2. The lowest BCUT2D eigenvalue weighted by molar-refractivity contribution is -0.169. The normalized spacial score (nSPS) is 21.5. The average molecular weight is 612 g/mol. The first kappa shape index (κ1) is 28.4. The minimum Gasteiger partial charge on any atom is -0.373 e. The molecule has 0 saturated carbocycles. The summed E-state index contributed by atoms with van der Waals surface area (Å²) in [5.41, 5.74) is 3.42. The highest BCUT2D eigenvalue weighted by atomic mass is 35.5. The lowest BCUT2D eigenvalue weighted by Crippen LogP contribution is -2.55. The fraction of sp³-hybridized carbons (Fsp3) is 0.400. The third-order valence-corrected chi connectivity index (χ3v) is 9.83. The van der Waals surface area contributed by atoms with Crippen molar-refractivity contribution in [2.45, 2.75) is 58.4 Å². The van der Waals surface area contributed by atoms with Gasteiger partial charge in [-0.2, -0.15) is 5.26 Å². The molecular formula is C30H32Cl2N6O2S. The van der Waals surface area contributed by atoms with Crippen LogP contribution in [0.2, 0.25) is 5.02 Å². The van der Waals surface area contributed by atoms with E-state index in [0.29, 0.717) is 11.6 Å². The van der Waals surface area contributed by atoms with Gasteiger partial charge in [0.2, 0.25) is 0 Å². The summed E-state index contributed by atoms with van der Waals surface area (Å²) in [4.78, 5) is 8.85. The van der Waals surface area contributed by atoms with Crippen LogP contribution in [-0.4, -0.2) is 61.3 Å². The van der Waals surface area contributed by atoms with Gasteiger partial charge in [0.25, 0.3) is 0 Å². The minimum absolute atomic E-state index is 0.00375. The van der Waals surface area contributed by atoms with Crippen molar-refractivity contribution in [2.75, 3.05) is 13.1 Å². The number of piperidine rings is 1. The van der Waals surface area contributed by atoms with Crippen LogP contribution in [0.25, 0.3) is 32.2 Å². The molecule has 0 spiro atoms. The van der Waals surface area contributed by atoms with Crippen molar-refractivity contribution in [2.24, 2.45) is 5.41 Å². The number of pyridine rings is 1. The maximum Gasteiger partial charge on any atom is 0.189 e. The Morgan fingerprint density at radius 3 is 2.68 bits per heavy atom. The molecule has 2 aliphatic heterocycles. The maximum atomic E-state index is 11.0. The number of hydrogen-bond acceptors (Lipinski definition) is 8. The van der Waals surface area contributed by atoms with E-state index in [4.69, 9.17) is 23.2 Å². The molecule has 0 amide bonds. The van der Waals surface area contributed by atoms with Gasteiger partial charge in [0.15, 0.2) is 6.35 Å². The van der Waals surface area contributed by atoms with Crippen LogP contribution in [0.3, 0.4) is 0 Å². The Kier molecular flexibility index (Phi) is 7.76. The van der Waals surface area contributed by atoms with E-state index >= 15 is 0 Å². The number of fused-ring (bicyclic) bond motifs is 2. The predicted molar refractivity (Wildman–Crippen MR) is 164 cm³/mol. The van der Waals surface area contributed by atoms with Gasteiger partial charge in [-0.3, -0.25) is 4.98 Å². The fourth-order valence-corrected chi connectivity index (χ4v) is 7.57. The van der Waals surface area contributed by atoms with E-state index in [0.717, 1.165) is 63.1 Å². The van der Waals surface area contributed by atoms with E-state index in [9.17, 15) is 15.5 Å². The zero-order valence-corrected chi connectivity index (χ0v) is 25.2. The van der Waals surface area contributed by atoms with E-state index in [2.05, 4.69) is 33.2 Å². The highest BCUT2D eigenvalue weighted by Crippen LogP contribution is 2.41. The molecule has 1 fully saturated rings. The van der Waals surface area contributed by atoms with Crippen molar-refractivity contribution in [1.82, 2.24) is 24.7 Å². The van der Waals surface area contributed by atoms with Crippen molar-refractivity contribution in [3.8, 4) is 17.2 Å². The standard InChI is InChI=1S/C30H32Cl2N6O2S/c1-18(2)37-15-24(32)28(39)38(29(37)40)14-21-13-25-27(41-21)22(3-7-35-25)23-12-20(31)11-19-4-10-36(26(19)23)17-30(16-33)5-8-34-9-6-30/h3-4,7,10-13,15,18,28-29,34,39-40H,5-6,8-9,14,17H2,1-2H3. The van der Waals surface area contributed by atoms with Crippen LogP contribution in [0.15, 0.2) is 54.0 Å². The molecule has 0 bridgehead atoms. The first-order valence-electron chi connectivity index (χ1n) is 13.7. The van der Waals surface area contributed by atoms with Gasteiger partial charge in [0.1, 0.15) is 6.23 Å². The molecule has 214 valence electrons. The summed E-state index contributed by atoms with van der Waals surface area (Å²) < 4.78 is 3.19. The molecule has 1 aromatic carbocycles. The van der Waals surface area contributed by atoms with Gasteiger partial charge in [-0.25, -0.2) is 4.90 Å². The van der Waals surface area contributed by atoms with Crippen LogP contribution in [0.1, 0.15) is 31.6 Å². The van der Waals surface area contributed by atoms with Crippen LogP contribution in [-0.2, 0) is 13.1 Å². The number of aromatic nitrogens is 2. The molecule has 3 N–H and O–H groups in total. The van der Waals surface area contributed by atoms with Gasteiger partial charge in [-0.05, 0) is 70.1 Å². The Bertz CT molecular complexity index is 1670. The summed E-state index contributed by atoms with van der Waals surface area (Å²) in [6.07, 6.45) is 4.93. The van der Waals surface area contributed by atoms with E-state index < -0.39 is 18.0 Å². The van der Waals surface area contributed by atoms with Crippen LogP contribution in [0.5, 0.6) is 0 Å². The van der Waals surface area contributed by atoms with Gasteiger partial charge in [-0.1, -0.05) is 23.2 Å². The Hall–Kier alpha value is -2.68. The second kappa shape index (κ2) is 11.2. The molecule has 5 heterocycles. The molecule has 3 aromatic heterocycles. The Balaban J connectivity index is 1.41. The van der Waals surface area contributed by atoms with Crippen LogP contribution < -0.4 is 5.32 Å². The maximum absolute atomic E-state index is 11.0. The highest BCUT2D eigenvalue weighted by molar-refractivity contribution is 7.19. The van der Waals surface area contributed by atoms with Gasteiger partial charge in [0.05, 0.1) is 32.2 Å². The van der Waals surface area contributed by atoms with Crippen LogP contribution in [0.4, 0.5) is 0 Å². The van der Waals surface area contributed by atoms with Gasteiger partial charge >= 0.3 is 0 Å². The molecular weight excluding hydrogens is 579 g/mol. The van der Waals surface area contributed by atoms with Crippen molar-refractivity contribution in [3.63, 3.8) is 0 Å². The first-order valence-corrected chi connectivity index (χ1v) is 15.3. The van der Waals surface area contributed by atoms with Crippen molar-refractivity contribution < 1.29 is 10.2 Å². The number of rotatable bonds is 6. The lowest BCUT2D eigenvalue weighted by atomic mass is 9.80. The van der Waals surface area contributed by atoms with E-state index in [1.807, 2.05) is 38.1 Å². The quantitative estimate of drug-likeness (QED) is 0.259. The first-order chi connectivity index (χ1) is 19.7. The van der Waals surface area contributed by atoms with Gasteiger partial charge < -0.3 is 25.0 Å². The second-order valence-corrected chi connectivity index (χ2v) is 13.2. The number of nitriles is 1. The Morgan fingerprint density at radius 1 is 1.17 bits per heavy atom. The SMILES string of the molecule is CC(C)N1C=C(Cl)C(O)N(Cc2cc3nccc(-c4cc(Cl)cc5ccn(CC6(C#N)CCNCC6)c45)c3s2)C1O. The number of halogens is 2. The van der Waals surface area contributed by atoms with Crippen LogP contribution in [0, 0.1) is 16.7 Å². The summed E-state index contributed by atoms with van der Waals surface area (Å²) in [6, 6.07) is 12.6. The average Bonchev–Trinajstić information content (AvgIpc) is 3.56. The van der Waals surface area contributed by atoms with Crippen LogP contribution >= 0.6 is 34.5 Å². The summed E-state index contributed by atoms with van der Waals surface area (Å²) in [7, 11) is 0. The molecule has 4 aromatic rings. The molecule has 11 heteroatoms. The fourth-order valence-electron chi connectivity index (χ4n) is 5.96. The molecule has 41 heavy (non-hydrogen) atoms. The molecule has 8 nitrogen and oxygen atoms in total. The summed E-state index contributed by atoms with van der Waals surface area (Å²) in [6.45, 7) is 6.49. The van der Waals surface area contributed by atoms with E-state index in [1.54, 1.807) is 33.5 Å². The highest BCUT2D eigenvalue weighted by Gasteiger charge is 2.36. The number of hydrogen-bond donors (Lipinski definition) is 3. The lowest BCUT2D eigenvalue weighted by Gasteiger charge is -2.43. The van der Waals surface area contributed by atoms with Crippen molar-refractivity contribution >= 4 is 55.7 Å².